The first-order valence-electron chi connectivity index (χ1n) is 10.5. The van der Waals surface area contributed by atoms with Crippen LogP contribution in [0.3, 0.4) is 0 Å². The second kappa shape index (κ2) is 6.66. The van der Waals surface area contributed by atoms with Gasteiger partial charge in [0.25, 0.3) is 0 Å². The number of hydrogen-bond donors (Lipinski definition) is 2. The third kappa shape index (κ3) is 2.76. The lowest BCUT2D eigenvalue weighted by Gasteiger charge is -2.61. The van der Waals surface area contributed by atoms with Gasteiger partial charge in [0.2, 0.25) is 0 Å². The van der Waals surface area contributed by atoms with Crippen LogP contribution in [0.15, 0.2) is 0 Å². The van der Waals surface area contributed by atoms with Gasteiger partial charge in [-0.25, -0.2) is 0 Å². The fourth-order valence-electron chi connectivity index (χ4n) is 6.83. The summed E-state index contributed by atoms with van der Waals surface area (Å²) >= 11 is 1.93. The van der Waals surface area contributed by atoms with Gasteiger partial charge in [-0.15, -0.1) is 0 Å². The fourth-order valence-corrected chi connectivity index (χ4v) is 8.90. The highest BCUT2D eigenvalue weighted by Gasteiger charge is 2.63. The third-order valence-corrected chi connectivity index (χ3v) is 10.2. The average molecular weight is 383 g/mol. The van der Waals surface area contributed by atoms with Crippen molar-refractivity contribution >= 4 is 17.7 Å². The molecule has 3 aliphatic carbocycles. The lowest BCUT2D eigenvalue weighted by Crippen LogP contribution is -2.60. The zero-order valence-electron chi connectivity index (χ0n) is 16.3. The number of esters is 1. The second-order valence-electron chi connectivity index (χ2n) is 9.75. The summed E-state index contributed by atoms with van der Waals surface area (Å²) in [7, 11) is 0. The minimum atomic E-state index is -0.291. The Bertz CT molecular complexity index is 568. The molecule has 4 aliphatic rings. The topological polar surface area (TPSA) is 66.8 Å². The maximum absolute atomic E-state index is 11.9. The van der Waals surface area contributed by atoms with E-state index in [2.05, 4.69) is 13.8 Å². The van der Waals surface area contributed by atoms with Gasteiger partial charge in [0, 0.05) is 28.8 Å². The molecule has 0 aromatic carbocycles. The Morgan fingerprint density at radius 3 is 2.62 bits per heavy atom. The number of carbonyl (C=O) groups excluding carboxylic acids is 1. The standard InChI is InChI=1S/C21H34O4S/c1-4-17(24)25-16-11-26-19-18-14(6-8-21(16,19)3)20(2)7-5-13(22)9-12(20)10-15(18)23/h12-16,18-19,22-23H,4-11H2,1-3H3/t12?,13-,14?,15-,16-,18?,19?,20-,21+/m0/s1. The molecule has 4 unspecified atom stereocenters. The Morgan fingerprint density at radius 2 is 1.88 bits per heavy atom. The molecule has 9 atom stereocenters. The summed E-state index contributed by atoms with van der Waals surface area (Å²) in [5, 5.41) is 21.6. The van der Waals surface area contributed by atoms with Gasteiger partial charge >= 0.3 is 5.97 Å². The van der Waals surface area contributed by atoms with Crippen molar-refractivity contribution in [2.24, 2.45) is 28.6 Å². The molecular weight excluding hydrogens is 348 g/mol. The molecule has 2 N–H and O–H groups in total. The maximum atomic E-state index is 11.9. The van der Waals surface area contributed by atoms with E-state index in [0.717, 1.165) is 44.3 Å². The number of aliphatic hydroxyl groups excluding tert-OH is 2. The molecule has 0 aromatic heterocycles. The zero-order valence-corrected chi connectivity index (χ0v) is 17.1. The summed E-state index contributed by atoms with van der Waals surface area (Å²) < 4.78 is 5.82. The molecule has 148 valence electrons. The first kappa shape index (κ1) is 19.1. The van der Waals surface area contributed by atoms with Crippen molar-refractivity contribution in [3.63, 3.8) is 0 Å². The van der Waals surface area contributed by atoms with Crippen LogP contribution in [0.1, 0.15) is 65.7 Å². The van der Waals surface area contributed by atoms with Crippen molar-refractivity contribution in [3.8, 4) is 0 Å². The van der Waals surface area contributed by atoms with Gasteiger partial charge in [0.05, 0.1) is 12.2 Å². The van der Waals surface area contributed by atoms with E-state index in [1.165, 1.54) is 0 Å². The Labute approximate surface area is 161 Å². The molecule has 3 saturated carbocycles. The molecule has 4 fully saturated rings. The van der Waals surface area contributed by atoms with Gasteiger partial charge in [0.1, 0.15) is 6.10 Å². The van der Waals surface area contributed by atoms with E-state index in [9.17, 15) is 15.0 Å². The highest BCUT2D eigenvalue weighted by atomic mass is 32.2. The monoisotopic (exact) mass is 382 g/mol. The fraction of sp³-hybridized carbons (Fsp3) is 0.952. The van der Waals surface area contributed by atoms with Crippen LogP contribution >= 0.6 is 11.8 Å². The molecule has 5 heteroatoms. The van der Waals surface area contributed by atoms with Gasteiger partial charge in [-0.1, -0.05) is 20.8 Å². The number of fused-ring (bicyclic) bond motifs is 5. The number of thioether (sulfide) groups is 1. The molecule has 0 spiro atoms. The van der Waals surface area contributed by atoms with Crippen molar-refractivity contribution in [3.05, 3.63) is 0 Å². The Morgan fingerprint density at radius 1 is 1.15 bits per heavy atom. The summed E-state index contributed by atoms with van der Waals surface area (Å²) in [6.45, 7) is 6.56. The number of aliphatic hydroxyl groups is 2. The molecule has 4 rings (SSSR count). The van der Waals surface area contributed by atoms with E-state index in [1.807, 2.05) is 18.7 Å². The van der Waals surface area contributed by atoms with Crippen LogP contribution in [0.2, 0.25) is 0 Å². The Hall–Kier alpha value is -0.260. The molecule has 0 aromatic rings. The maximum Gasteiger partial charge on any atom is 0.305 e. The number of rotatable bonds is 2. The minimum absolute atomic E-state index is 0.0168. The quantitative estimate of drug-likeness (QED) is 0.717. The van der Waals surface area contributed by atoms with E-state index >= 15 is 0 Å². The van der Waals surface area contributed by atoms with Gasteiger partial charge in [0.15, 0.2) is 0 Å². The summed E-state index contributed by atoms with van der Waals surface area (Å²) in [4.78, 5) is 11.9. The smallest absolute Gasteiger partial charge is 0.305 e. The van der Waals surface area contributed by atoms with Crippen molar-refractivity contribution < 1.29 is 19.7 Å². The number of ether oxygens (including phenoxy) is 1. The molecule has 1 heterocycles. The number of hydrogen-bond acceptors (Lipinski definition) is 5. The molecule has 0 amide bonds. The van der Waals surface area contributed by atoms with E-state index in [1.54, 1.807) is 0 Å². The molecular formula is C21H34O4S. The summed E-state index contributed by atoms with van der Waals surface area (Å²) in [5.41, 5.74) is 0.220. The van der Waals surface area contributed by atoms with Gasteiger partial charge in [-0.2, -0.15) is 11.8 Å². The molecule has 26 heavy (non-hydrogen) atoms. The van der Waals surface area contributed by atoms with Crippen molar-refractivity contribution in [2.75, 3.05) is 5.75 Å². The van der Waals surface area contributed by atoms with Crippen LogP contribution in [0, 0.1) is 28.6 Å². The largest absolute Gasteiger partial charge is 0.461 e. The number of carbonyl (C=O) groups is 1. The molecule has 1 aliphatic heterocycles. The Kier molecular flexibility index (Phi) is 4.89. The van der Waals surface area contributed by atoms with E-state index in [-0.39, 0.29) is 35.1 Å². The van der Waals surface area contributed by atoms with Crippen molar-refractivity contribution in [2.45, 2.75) is 89.3 Å². The van der Waals surface area contributed by atoms with Crippen molar-refractivity contribution in [1.29, 1.82) is 0 Å². The lowest BCUT2D eigenvalue weighted by atomic mass is 9.46. The first-order valence-corrected chi connectivity index (χ1v) is 11.5. The second-order valence-corrected chi connectivity index (χ2v) is 10.9. The minimum Gasteiger partial charge on any atom is -0.461 e. The van der Waals surface area contributed by atoms with Gasteiger partial charge in [-0.05, 0) is 55.8 Å². The molecule has 1 saturated heterocycles. The van der Waals surface area contributed by atoms with Crippen LogP contribution in [-0.4, -0.2) is 45.5 Å². The van der Waals surface area contributed by atoms with E-state index in [0.29, 0.717) is 29.4 Å². The van der Waals surface area contributed by atoms with Crippen LogP contribution in [0.25, 0.3) is 0 Å². The zero-order chi connectivity index (χ0) is 18.7. The van der Waals surface area contributed by atoms with Crippen LogP contribution in [0.5, 0.6) is 0 Å². The molecule has 0 bridgehead atoms. The van der Waals surface area contributed by atoms with Gasteiger partial charge in [-0.3, -0.25) is 4.79 Å². The van der Waals surface area contributed by atoms with Gasteiger partial charge < -0.3 is 14.9 Å². The molecule has 4 nitrogen and oxygen atoms in total. The predicted octanol–water partition coefficient (Wildman–Crippen LogP) is 3.39. The Balaban J connectivity index is 1.59. The lowest BCUT2D eigenvalue weighted by molar-refractivity contribution is -0.168. The molecule has 0 radical (unpaired) electrons. The average Bonchev–Trinajstić information content (AvgIpc) is 2.93. The normalized spacial score (nSPS) is 53.3. The summed E-state index contributed by atoms with van der Waals surface area (Å²) in [6, 6.07) is 0. The first-order chi connectivity index (χ1) is 12.3. The highest BCUT2D eigenvalue weighted by Crippen LogP contribution is 2.65. The van der Waals surface area contributed by atoms with Crippen LogP contribution in [-0.2, 0) is 9.53 Å². The van der Waals surface area contributed by atoms with Crippen LogP contribution < -0.4 is 0 Å². The predicted molar refractivity (Wildman–Crippen MR) is 103 cm³/mol. The highest BCUT2D eigenvalue weighted by molar-refractivity contribution is 8.00. The van der Waals surface area contributed by atoms with Crippen LogP contribution in [0.4, 0.5) is 0 Å². The van der Waals surface area contributed by atoms with Crippen molar-refractivity contribution in [1.82, 2.24) is 0 Å². The summed E-state index contributed by atoms with van der Waals surface area (Å²) in [5.74, 6) is 2.02. The third-order valence-electron chi connectivity index (χ3n) is 8.51. The summed E-state index contributed by atoms with van der Waals surface area (Å²) in [6.07, 6.45) is 5.77. The SMILES string of the molecule is CCC(=O)O[C@H]1CSC2C3C(CC[C@@]21C)[C@@]1(C)CC[C@H](O)CC1C[C@@H]3O. The van der Waals surface area contributed by atoms with E-state index in [4.69, 9.17) is 4.74 Å². The van der Waals surface area contributed by atoms with E-state index < -0.39 is 0 Å².